The highest BCUT2D eigenvalue weighted by Gasteiger charge is 2.00. The van der Waals surface area contributed by atoms with Crippen molar-refractivity contribution in [2.45, 2.75) is 20.1 Å². The second-order valence-corrected chi connectivity index (χ2v) is 3.86. The monoisotopic (exact) mass is 232 g/mol. The fourth-order valence-corrected chi connectivity index (χ4v) is 1.66. The fraction of sp³-hybridized carbons (Fsp3) is 0.308. The molecule has 4 nitrogen and oxygen atoms in total. The summed E-state index contributed by atoms with van der Waals surface area (Å²) in [5, 5.41) is 9.04. The van der Waals surface area contributed by atoms with Crippen molar-refractivity contribution in [1.29, 1.82) is 0 Å². The number of aryl methyl sites for hydroxylation is 1. The van der Waals surface area contributed by atoms with Gasteiger partial charge in [0.1, 0.15) is 24.8 Å². The van der Waals surface area contributed by atoms with Crippen LogP contribution in [0.3, 0.4) is 0 Å². The van der Waals surface area contributed by atoms with Crippen molar-refractivity contribution >= 4 is 0 Å². The van der Waals surface area contributed by atoms with E-state index in [0.717, 1.165) is 5.75 Å². The molecule has 2 aromatic rings. The zero-order valence-corrected chi connectivity index (χ0v) is 9.84. The van der Waals surface area contributed by atoms with E-state index in [4.69, 9.17) is 9.84 Å². The molecule has 90 valence electrons. The molecule has 1 heterocycles. The van der Waals surface area contributed by atoms with E-state index in [9.17, 15) is 0 Å². The van der Waals surface area contributed by atoms with E-state index < -0.39 is 0 Å². The Labute approximate surface area is 100 Å². The van der Waals surface area contributed by atoms with Crippen LogP contribution in [0.4, 0.5) is 0 Å². The molecule has 0 amide bonds. The first-order chi connectivity index (χ1) is 8.29. The van der Waals surface area contributed by atoms with Crippen molar-refractivity contribution in [3.63, 3.8) is 0 Å². The summed E-state index contributed by atoms with van der Waals surface area (Å²) in [5.74, 6) is 1.54. The number of ether oxygens (including phenoxy) is 1. The summed E-state index contributed by atoms with van der Waals surface area (Å²) in [6.07, 6.45) is 3.52. The Kier molecular flexibility index (Phi) is 3.77. The number of nitrogens with zero attached hydrogens (tertiary/aromatic N) is 2. The van der Waals surface area contributed by atoms with Gasteiger partial charge in [0.25, 0.3) is 0 Å². The van der Waals surface area contributed by atoms with Gasteiger partial charge in [-0.05, 0) is 24.6 Å². The Hall–Kier alpha value is -1.81. The van der Waals surface area contributed by atoms with E-state index in [0.29, 0.717) is 19.0 Å². The largest absolute Gasteiger partial charge is 0.492 e. The van der Waals surface area contributed by atoms with Gasteiger partial charge in [-0.2, -0.15) is 0 Å². The zero-order valence-electron chi connectivity index (χ0n) is 9.84. The minimum absolute atomic E-state index is 0.0442. The Balaban J connectivity index is 1.87. The number of aliphatic hydroxyl groups is 1. The topological polar surface area (TPSA) is 47.3 Å². The third-order valence-corrected chi connectivity index (χ3v) is 2.53. The number of hydrogen-bond donors (Lipinski definition) is 1. The summed E-state index contributed by atoms with van der Waals surface area (Å²) >= 11 is 0. The lowest BCUT2D eigenvalue weighted by atomic mass is 10.2. The minimum Gasteiger partial charge on any atom is -0.492 e. The first kappa shape index (κ1) is 11.7. The first-order valence-electron chi connectivity index (χ1n) is 5.60. The lowest BCUT2D eigenvalue weighted by Gasteiger charge is -2.09. The normalized spacial score (nSPS) is 10.5. The highest BCUT2D eigenvalue weighted by atomic mass is 16.5. The highest BCUT2D eigenvalue weighted by Crippen LogP contribution is 2.12. The highest BCUT2D eigenvalue weighted by molar-refractivity contribution is 5.27. The smallest absolute Gasteiger partial charge is 0.134 e. The van der Waals surface area contributed by atoms with E-state index >= 15 is 0 Å². The molecule has 4 heteroatoms. The van der Waals surface area contributed by atoms with Crippen LogP contribution in [-0.4, -0.2) is 21.3 Å². The Morgan fingerprint density at radius 2 is 2.29 bits per heavy atom. The zero-order chi connectivity index (χ0) is 12.1. The second-order valence-electron chi connectivity index (χ2n) is 3.86. The number of imidazole rings is 1. The van der Waals surface area contributed by atoms with E-state index in [-0.39, 0.29) is 6.61 Å². The van der Waals surface area contributed by atoms with Gasteiger partial charge in [0.15, 0.2) is 0 Å². The molecule has 0 fully saturated rings. The fourth-order valence-electron chi connectivity index (χ4n) is 1.66. The number of aromatic nitrogens is 2. The van der Waals surface area contributed by atoms with Crippen LogP contribution in [0.25, 0.3) is 0 Å². The average Bonchev–Trinajstić information content (AvgIpc) is 2.77. The van der Waals surface area contributed by atoms with E-state index in [2.05, 4.69) is 4.98 Å². The molecule has 0 saturated carbocycles. The summed E-state index contributed by atoms with van der Waals surface area (Å²) in [6, 6.07) is 7.95. The predicted molar refractivity (Wildman–Crippen MR) is 64.8 cm³/mol. The van der Waals surface area contributed by atoms with Crippen molar-refractivity contribution in [1.82, 2.24) is 9.55 Å². The van der Waals surface area contributed by atoms with Gasteiger partial charge < -0.3 is 14.4 Å². The molecule has 2 rings (SSSR count). The van der Waals surface area contributed by atoms with Crippen molar-refractivity contribution in [2.24, 2.45) is 0 Å². The summed E-state index contributed by atoms with van der Waals surface area (Å²) in [4.78, 5) is 4.03. The summed E-state index contributed by atoms with van der Waals surface area (Å²) in [5.41, 5.74) is 1.18. The van der Waals surface area contributed by atoms with Crippen LogP contribution >= 0.6 is 0 Å². The maximum atomic E-state index is 9.04. The Bertz CT molecular complexity index is 480. The SMILES string of the molecule is Cc1cccc(OCCn2ccnc2CO)c1. The first-order valence-corrected chi connectivity index (χ1v) is 5.60. The van der Waals surface area contributed by atoms with Crippen LogP contribution in [0.5, 0.6) is 5.75 Å². The van der Waals surface area contributed by atoms with Gasteiger partial charge in [0.2, 0.25) is 0 Å². The van der Waals surface area contributed by atoms with E-state index in [1.165, 1.54) is 5.56 Å². The molecule has 17 heavy (non-hydrogen) atoms. The molecule has 0 aliphatic heterocycles. The van der Waals surface area contributed by atoms with Crippen LogP contribution < -0.4 is 4.74 Å². The molecule has 0 aliphatic rings. The third-order valence-electron chi connectivity index (χ3n) is 2.53. The lowest BCUT2D eigenvalue weighted by molar-refractivity contribution is 0.254. The Morgan fingerprint density at radius 3 is 3.06 bits per heavy atom. The van der Waals surface area contributed by atoms with Crippen LogP contribution in [0, 0.1) is 6.92 Å². The molecular formula is C13H16N2O2. The standard InChI is InChI=1S/C13H16N2O2/c1-11-3-2-4-12(9-11)17-8-7-15-6-5-14-13(15)10-16/h2-6,9,16H,7-8,10H2,1H3. The van der Waals surface area contributed by atoms with Crippen LogP contribution in [0.15, 0.2) is 36.7 Å². The molecule has 0 atom stereocenters. The van der Waals surface area contributed by atoms with Crippen molar-refractivity contribution in [3.05, 3.63) is 48.0 Å². The predicted octanol–water partition coefficient (Wildman–Crippen LogP) is 1.76. The average molecular weight is 232 g/mol. The molecule has 0 bridgehead atoms. The molecule has 0 spiro atoms. The van der Waals surface area contributed by atoms with Gasteiger partial charge in [-0.3, -0.25) is 0 Å². The molecule has 1 N–H and O–H groups in total. The van der Waals surface area contributed by atoms with Crippen LogP contribution in [-0.2, 0) is 13.2 Å². The molecule has 0 unspecified atom stereocenters. The summed E-state index contributed by atoms with van der Waals surface area (Å²) in [7, 11) is 0. The van der Waals surface area contributed by atoms with E-state index in [1.807, 2.05) is 42.0 Å². The van der Waals surface area contributed by atoms with E-state index in [1.54, 1.807) is 6.20 Å². The molecule has 0 saturated heterocycles. The van der Waals surface area contributed by atoms with Crippen molar-refractivity contribution < 1.29 is 9.84 Å². The van der Waals surface area contributed by atoms with Gasteiger partial charge in [-0.1, -0.05) is 12.1 Å². The summed E-state index contributed by atoms with van der Waals surface area (Å²) in [6.45, 7) is 3.24. The van der Waals surface area contributed by atoms with Crippen molar-refractivity contribution in [2.75, 3.05) is 6.61 Å². The molecule has 0 aliphatic carbocycles. The van der Waals surface area contributed by atoms with Gasteiger partial charge in [0, 0.05) is 12.4 Å². The van der Waals surface area contributed by atoms with Crippen molar-refractivity contribution in [3.8, 4) is 5.75 Å². The summed E-state index contributed by atoms with van der Waals surface area (Å²) < 4.78 is 7.51. The molecule has 1 aromatic heterocycles. The van der Waals surface area contributed by atoms with Crippen LogP contribution in [0.2, 0.25) is 0 Å². The number of aliphatic hydroxyl groups excluding tert-OH is 1. The second kappa shape index (κ2) is 5.50. The maximum absolute atomic E-state index is 9.04. The molecular weight excluding hydrogens is 216 g/mol. The van der Waals surface area contributed by atoms with Crippen LogP contribution in [0.1, 0.15) is 11.4 Å². The number of rotatable bonds is 5. The minimum atomic E-state index is -0.0442. The third kappa shape index (κ3) is 3.07. The lowest BCUT2D eigenvalue weighted by Crippen LogP contribution is -2.10. The van der Waals surface area contributed by atoms with Gasteiger partial charge in [0.05, 0.1) is 6.54 Å². The maximum Gasteiger partial charge on any atom is 0.134 e. The Morgan fingerprint density at radius 1 is 1.41 bits per heavy atom. The van der Waals surface area contributed by atoms with Gasteiger partial charge >= 0.3 is 0 Å². The number of hydrogen-bond acceptors (Lipinski definition) is 3. The number of benzene rings is 1. The molecule has 1 aromatic carbocycles. The quantitative estimate of drug-likeness (QED) is 0.854. The molecule has 0 radical (unpaired) electrons. The van der Waals surface area contributed by atoms with Gasteiger partial charge in [-0.25, -0.2) is 4.98 Å². The van der Waals surface area contributed by atoms with Gasteiger partial charge in [-0.15, -0.1) is 0 Å².